The second kappa shape index (κ2) is 4.69. The summed E-state index contributed by atoms with van der Waals surface area (Å²) in [6.07, 6.45) is 1.31. The Morgan fingerprint density at radius 1 is 1.42 bits per heavy atom. The maximum absolute atomic E-state index is 11.8. The molecule has 1 aliphatic carbocycles. The molecule has 0 radical (unpaired) electrons. The molecule has 1 aromatic rings. The number of nitrogens with one attached hydrogen (secondary N) is 1. The van der Waals surface area contributed by atoms with Gasteiger partial charge in [-0.3, -0.25) is 5.32 Å². The Hall–Kier alpha value is -1.26. The van der Waals surface area contributed by atoms with Gasteiger partial charge in [-0.25, -0.2) is 4.79 Å². The first kappa shape index (κ1) is 14.2. The molecule has 0 bridgehead atoms. The maximum Gasteiger partial charge on any atom is 0.412 e. The smallest absolute Gasteiger partial charge is 0.412 e. The highest BCUT2D eigenvalue weighted by Crippen LogP contribution is 2.46. The van der Waals surface area contributed by atoms with Crippen LogP contribution in [0.4, 0.5) is 10.5 Å². The first-order valence-corrected chi connectivity index (χ1v) is 6.66. The minimum Gasteiger partial charge on any atom is -0.444 e. The molecular weight excluding hydrogens is 264 g/mol. The average molecular weight is 283 g/mol. The molecule has 0 unspecified atom stereocenters. The predicted octanol–water partition coefficient (Wildman–Crippen LogP) is 3.63. The van der Waals surface area contributed by atoms with E-state index in [1.807, 2.05) is 20.8 Å². The van der Waals surface area contributed by atoms with Crippen molar-refractivity contribution in [1.29, 1.82) is 0 Å². The molecule has 4 nitrogen and oxygen atoms in total. The van der Waals surface area contributed by atoms with E-state index in [0.717, 1.165) is 18.4 Å². The summed E-state index contributed by atoms with van der Waals surface area (Å²) in [5.41, 5.74) is 6.82. The van der Waals surface area contributed by atoms with Crippen LogP contribution in [-0.2, 0) is 10.3 Å². The number of anilines is 1. The van der Waals surface area contributed by atoms with Gasteiger partial charge in [0.25, 0.3) is 0 Å². The van der Waals surface area contributed by atoms with Gasteiger partial charge < -0.3 is 10.5 Å². The van der Waals surface area contributed by atoms with E-state index in [-0.39, 0.29) is 5.54 Å². The summed E-state index contributed by atoms with van der Waals surface area (Å²) in [7, 11) is 0. The largest absolute Gasteiger partial charge is 0.444 e. The van der Waals surface area contributed by atoms with Gasteiger partial charge in [0, 0.05) is 16.2 Å². The van der Waals surface area contributed by atoms with Gasteiger partial charge in [-0.1, -0.05) is 11.6 Å². The number of carbonyl (C=O) groups is 1. The Kier molecular flexibility index (Phi) is 3.49. The molecule has 5 heteroatoms. The van der Waals surface area contributed by atoms with Crippen molar-refractivity contribution in [3.05, 3.63) is 28.8 Å². The second-order valence-electron chi connectivity index (χ2n) is 5.97. The summed E-state index contributed by atoms with van der Waals surface area (Å²) in [5, 5.41) is 3.35. The van der Waals surface area contributed by atoms with Crippen molar-refractivity contribution in [2.45, 2.75) is 44.8 Å². The highest BCUT2D eigenvalue weighted by molar-refractivity contribution is 6.30. The van der Waals surface area contributed by atoms with E-state index in [1.54, 1.807) is 18.2 Å². The molecule has 1 amide bonds. The zero-order chi connectivity index (χ0) is 14.3. The third kappa shape index (κ3) is 3.61. The summed E-state index contributed by atoms with van der Waals surface area (Å²) in [5.74, 6) is 0. The van der Waals surface area contributed by atoms with Crippen LogP contribution in [0.1, 0.15) is 39.2 Å². The van der Waals surface area contributed by atoms with E-state index in [2.05, 4.69) is 5.32 Å². The van der Waals surface area contributed by atoms with Crippen molar-refractivity contribution in [1.82, 2.24) is 0 Å². The van der Waals surface area contributed by atoms with Crippen molar-refractivity contribution < 1.29 is 9.53 Å². The molecule has 1 fully saturated rings. The Labute approximate surface area is 118 Å². The summed E-state index contributed by atoms with van der Waals surface area (Å²) < 4.78 is 5.24. The fraction of sp³-hybridized carbons (Fsp3) is 0.500. The first-order valence-electron chi connectivity index (χ1n) is 6.29. The van der Waals surface area contributed by atoms with Crippen molar-refractivity contribution in [2.75, 3.05) is 5.32 Å². The number of hydrogen-bond acceptors (Lipinski definition) is 3. The Morgan fingerprint density at radius 3 is 2.58 bits per heavy atom. The topological polar surface area (TPSA) is 64.3 Å². The number of benzene rings is 1. The van der Waals surface area contributed by atoms with Gasteiger partial charge in [0.2, 0.25) is 0 Å². The second-order valence-corrected chi connectivity index (χ2v) is 6.41. The Balaban J connectivity index is 2.19. The Morgan fingerprint density at radius 2 is 2.05 bits per heavy atom. The van der Waals surface area contributed by atoms with Crippen LogP contribution in [0.3, 0.4) is 0 Å². The minimum atomic E-state index is -0.531. The fourth-order valence-corrected chi connectivity index (χ4v) is 2.03. The summed E-state index contributed by atoms with van der Waals surface area (Å²) in [6.45, 7) is 5.46. The highest BCUT2D eigenvalue weighted by Gasteiger charge is 2.42. The van der Waals surface area contributed by atoms with Gasteiger partial charge in [-0.05, 0) is 57.4 Å². The molecule has 0 aromatic heterocycles. The molecule has 0 saturated heterocycles. The number of amides is 1. The van der Waals surface area contributed by atoms with Gasteiger partial charge >= 0.3 is 6.09 Å². The van der Waals surface area contributed by atoms with Crippen LogP contribution in [0.2, 0.25) is 5.02 Å². The molecule has 0 heterocycles. The van der Waals surface area contributed by atoms with Crippen molar-refractivity contribution in [3.63, 3.8) is 0 Å². The molecular formula is C14H19ClN2O2. The monoisotopic (exact) mass is 282 g/mol. The molecule has 2 rings (SSSR count). The molecule has 104 valence electrons. The van der Waals surface area contributed by atoms with Crippen LogP contribution in [-0.4, -0.2) is 11.7 Å². The number of hydrogen-bond donors (Lipinski definition) is 2. The number of rotatable bonds is 2. The van der Waals surface area contributed by atoms with Crippen LogP contribution in [0.25, 0.3) is 0 Å². The van der Waals surface area contributed by atoms with Crippen LogP contribution in [0.15, 0.2) is 18.2 Å². The van der Waals surface area contributed by atoms with E-state index in [9.17, 15) is 4.79 Å². The predicted molar refractivity (Wildman–Crippen MR) is 76.4 cm³/mol. The average Bonchev–Trinajstić information content (AvgIpc) is 2.97. The number of halogens is 1. The van der Waals surface area contributed by atoms with Crippen molar-refractivity contribution in [2.24, 2.45) is 5.73 Å². The fourth-order valence-electron chi connectivity index (χ4n) is 1.85. The first-order chi connectivity index (χ1) is 8.70. The lowest BCUT2D eigenvalue weighted by Gasteiger charge is -2.21. The number of carbonyl (C=O) groups excluding carboxylic acids is 1. The summed E-state index contributed by atoms with van der Waals surface area (Å²) >= 11 is 5.99. The van der Waals surface area contributed by atoms with Gasteiger partial charge in [0.1, 0.15) is 5.60 Å². The lowest BCUT2D eigenvalue weighted by Crippen LogP contribution is -2.28. The van der Waals surface area contributed by atoms with Gasteiger partial charge in [0.15, 0.2) is 0 Å². The zero-order valence-corrected chi connectivity index (χ0v) is 12.2. The summed E-state index contributed by atoms with van der Waals surface area (Å²) in [4.78, 5) is 11.8. The highest BCUT2D eigenvalue weighted by atomic mass is 35.5. The third-order valence-corrected chi connectivity index (χ3v) is 3.18. The molecule has 0 spiro atoms. The molecule has 1 aromatic carbocycles. The van der Waals surface area contributed by atoms with Gasteiger partial charge in [-0.15, -0.1) is 0 Å². The molecule has 19 heavy (non-hydrogen) atoms. The molecule has 0 atom stereocenters. The normalized spacial score (nSPS) is 16.9. The van der Waals surface area contributed by atoms with Crippen molar-refractivity contribution >= 4 is 23.4 Å². The van der Waals surface area contributed by atoms with Crippen LogP contribution in [0.5, 0.6) is 0 Å². The third-order valence-electron chi connectivity index (χ3n) is 2.94. The SMILES string of the molecule is CC(C)(C)OC(=O)Nc1ccc(Cl)cc1C1(N)CC1. The van der Waals surface area contributed by atoms with E-state index >= 15 is 0 Å². The number of nitrogens with two attached hydrogens (primary N) is 1. The van der Waals surface area contributed by atoms with E-state index in [1.165, 1.54) is 0 Å². The van der Waals surface area contributed by atoms with E-state index in [4.69, 9.17) is 22.1 Å². The molecule has 0 aliphatic heterocycles. The molecule has 1 aliphatic rings. The minimum absolute atomic E-state index is 0.366. The molecule has 1 saturated carbocycles. The van der Waals surface area contributed by atoms with Crippen LogP contribution >= 0.6 is 11.6 Å². The molecule has 3 N–H and O–H groups in total. The van der Waals surface area contributed by atoms with Crippen molar-refractivity contribution in [3.8, 4) is 0 Å². The van der Waals surface area contributed by atoms with Gasteiger partial charge in [-0.2, -0.15) is 0 Å². The lowest BCUT2D eigenvalue weighted by molar-refractivity contribution is 0.0636. The zero-order valence-electron chi connectivity index (χ0n) is 11.4. The Bertz CT molecular complexity index is 505. The number of ether oxygens (including phenoxy) is 1. The van der Waals surface area contributed by atoms with Crippen LogP contribution in [0, 0.1) is 0 Å². The van der Waals surface area contributed by atoms with E-state index < -0.39 is 11.7 Å². The summed E-state index contributed by atoms with van der Waals surface area (Å²) in [6, 6.07) is 5.29. The maximum atomic E-state index is 11.8. The van der Waals surface area contributed by atoms with Crippen LogP contribution < -0.4 is 11.1 Å². The lowest BCUT2D eigenvalue weighted by atomic mass is 10.0. The van der Waals surface area contributed by atoms with E-state index in [0.29, 0.717) is 10.7 Å². The quantitative estimate of drug-likeness (QED) is 0.870. The standard InChI is InChI=1S/C14H19ClN2O2/c1-13(2,3)19-12(18)17-11-5-4-9(15)8-10(11)14(16)6-7-14/h4-5,8H,6-7,16H2,1-3H3,(H,17,18). The van der Waals surface area contributed by atoms with Gasteiger partial charge in [0.05, 0.1) is 0 Å².